The fourth-order valence-electron chi connectivity index (χ4n) is 4.54. The van der Waals surface area contributed by atoms with Crippen molar-refractivity contribution in [2.24, 2.45) is 7.05 Å². The Labute approximate surface area is 164 Å². The van der Waals surface area contributed by atoms with E-state index in [1.807, 2.05) is 40.9 Å². The summed E-state index contributed by atoms with van der Waals surface area (Å²) in [6.07, 6.45) is 3.79. The predicted octanol–water partition coefficient (Wildman–Crippen LogP) is 0.506. The molecule has 2 saturated heterocycles. The van der Waals surface area contributed by atoms with Gasteiger partial charge in [0.1, 0.15) is 0 Å². The number of carbonyl (C=O) groups is 2. The van der Waals surface area contributed by atoms with E-state index in [4.69, 9.17) is 0 Å². The van der Waals surface area contributed by atoms with E-state index < -0.39 is 5.60 Å². The minimum absolute atomic E-state index is 0.00505. The average Bonchev–Trinajstić information content (AvgIpc) is 2.97. The van der Waals surface area contributed by atoms with Gasteiger partial charge in [-0.05, 0) is 24.5 Å². The van der Waals surface area contributed by atoms with E-state index in [2.05, 4.69) is 11.4 Å². The molecule has 2 aromatic rings. The highest BCUT2D eigenvalue weighted by Crippen LogP contribution is 2.25. The minimum Gasteiger partial charge on any atom is -0.387 e. The zero-order chi connectivity index (χ0) is 19.7. The van der Waals surface area contributed by atoms with Crippen LogP contribution in [-0.2, 0) is 23.1 Å². The molecule has 7 nitrogen and oxygen atoms in total. The number of aryl methyl sites for hydroxylation is 1. The molecule has 0 saturated carbocycles. The van der Waals surface area contributed by atoms with Crippen LogP contribution >= 0.6 is 0 Å². The van der Waals surface area contributed by atoms with Gasteiger partial charge in [0.2, 0.25) is 11.8 Å². The van der Waals surface area contributed by atoms with Gasteiger partial charge in [-0.1, -0.05) is 18.2 Å². The molecule has 0 aliphatic carbocycles. The Morgan fingerprint density at radius 2 is 2.11 bits per heavy atom. The van der Waals surface area contributed by atoms with Crippen molar-refractivity contribution >= 4 is 22.7 Å². The molecule has 28 heavy (non-hydrogen) atoms. The molecular formula is C21H28N4O3. The van der Waals surface area contributed by atoms with Crippen molar-refractivity contribution in [3.8, 4) is 0 Å². The summed E-state index contributed by atoms with van der Waals surface area (Å²) < 4.78 is 2.05. The summed E-state index contributed by atoms with van der Waals surface area (Å²) in [6.45, 7) is 3.09. The van der Waals surface area contributed by atoms with Crippen LogP contribution in [-0.4, -0.2) is 76.2 Å². The highest BCUT2D eigenvalue weighted by Gasteiger charge is 2.37. The van der Waals surface area contributed by atoms with Gasteiger partial charge in [0.25, 0.3) is 0 Å². The Morgan fingerprint density at radius 3 is 2.93 bits per heavy atom. The van der Waals surface area contributed by atoms with Crippen molar-refractivity contribution < 1.29 is 14.7 Å². The predicted molar refractivity (Wildman–Crippen MR) is 107 cm³/mol. The van der Waals surface area contributed by atoms with Gasteiger partial charge in [-0.15, -0.1) is 0 Å². The van der Waals surface area contributed by atoms with E-state index >= 15 is 0 Å². The summed E-state index contributed by atoms with van der Waals surface area (Å²) in [5.41, 5.74) is 1.18. The van der Waals surface area contributed by atoms with E-state index in [-0.39, 0.29) is 11.8 Å². The van der Waals surface area contributed by atoms with E-state index in [0.717, 1.165) is 29.4 Å². The van der Waals surface area contributed by atoms with Crippen molar-refractivity contribution in [1.29, 1.82) is 0 Å². The lowest BCUT2D eigenvalue weighted by Gasteiger charge is -2.42. The maximum Gasteiger partial charge on any atom is 0.234 e. The number of rotatable bonds is 4. The molecule has 0 radical (unpaired) electrons. The van der Waals surface area contributed by atoms with Gasteiger partial charge in [0, 0.05) is 50.3 Å². The maximum atomic E-state index is 13.0. The van der Waals surface area contributed by atoms with Gasteiger partial charge in [0.05, 0.1) is 25.1 Å². The number of nitrogens with one attached hydrogen (secondary N) is 1. The zero-order valence-electron chi connectivity index (χ0n) is 16.4. The summed E-state index contributed by atoms with van der Waals surface area (Å²) in [5.74, 6) is 0.0420. The smallest absolute Gasteiger partial charge is 0.234 e. The monoisotopic (exact) mass is 384 g/mol. The number of piperazine rings is 1. The molecule has 150 valence electrons. The Bertz CT molecular complexity index is 893. The number of piperidine rings is 1. The highest BCUT2D eigenvalue weighted by molar-refractivity contribution is 5.89. The van der Waals surface area contributed by atoms with Crippen LogP contribution in [0.3, 0.4) is 0 Å². The molecule has 2 N–H and O–H groups in total. The molecule has 2 aliphatic heterocycles. The quantitative estimate of drug-likeness (QED) is 0.805. The summed E-state index contributed by atoms with van der Waals surface area (Å²) in [7, 11) is 1.99. The minimum atomic E-state index is -0.954. The number of hydrogen-bond donors (Lipinski definition) is 2. The van der Waals surface area contributed by atoms with Crippen LogP contribution < -0.4 is 5.32 Å². The number of aromatic nitrogens is 1. The highest BCUT2D eigenvalue weighted by atomic mass is 16.3. The van der Waals surface area contributed by atoms with E-state index in [1.54, 1.807) is 4.90 Å². The lowest BCUT2D eigenvalue weighted by molar-refractivity contribution is -0.140. The Hall–Kier alpha value is -2.38. The lowest BCUT2D eigenvalue weighted by Crippen LogP contribution is -2.59. The molecule has 2 aliphatic rings. The summed E-state index contributed by atoms with van der Waals surface area (Å²) in [6, 6.07) is 8.09. The van der Waals surface area contributed by atoms with Crippen molar-refractivity contribution in [3.05, 3.63) is 36.0 Å². The molecule has 4 rings (SSSR count). The van der Waals surface area contributed by atoms with Crippen LogP contribution in [0.1, 0.15) is 18.4 Å². The first-order valence-corrected chi connectivity index (χ1v) is 9.96. The number of hydrogen-bond acceptors (Lipinski definition) is 4. The zero-order valence-corrected chi connectivity index (χ0v) is 16.4. The topological polar surface area (TPSA) is 77.8 Å². The fourth-order valence-corrected chi connectivity index (χ4v) is 4.54. The maximum absolute atomic E-state index is 13.0. The van der Waals surface area contributed by atoms with Gasteiger partial charge in [-0.3, -0.25) is 14.5 Å². The molecule has 2 fully saturated rings. The van der Waals surface area contributed by atoms with E-state index in [9.17, 15) is 14.7 Å². The molecule has 1 unspecified atom stereocenters. The van der Waals surface area contributed by atoms with Crippen LogP contribution in [0, 0.1) is 0 Å². The summed E-state index contributed by atoms with van der Waals surface area (Å²) in [5, 5.41) is 15.0. The molecule has 1 atom stereocenters. The second-order valence-electron chi connectivity index (χ2n) is 8.16. The van der Waals surface area contributed by atoms with Gasteiger partial charge in [-0.25, -0.2) is 0 Å². The average molecular weight is 384 g/mol. The largest absolute Gasteiger partial charge is 0.387 e. The number of aliphatic hydroxyl groups is 1. The third kappa shape index (κ3) is 3.91. The van der Waals surface area contributed by atoms with E-state index in [0.29, 0.717) is 45.6 Å². The number of nitrogens with zero attached hydrogens (tertiary/aromatic N) is 3. The third-order valence-corrected chi connectivity index (χ3v) is 5.86. The van der Waals surface area contributed by atoms with Crippen molar-refractivity contribution in [3.63, 3.8) is 0 Å². The van der Waals surface area contributed by atoms with Crippen LogP contribution in [0.15, 0.2) is 30.5 Å². The number of benzene rings is 1. The second-order valence-corrected chi connectivity index (χ2v) is 8.16. The first-order valence-electron chi connectivity index (χ1n) is 9.96. The number of fused-ring (bicyclic) bond motifs is 1. The molecular weight excluding hydrogens is 356 g/mol. The first kappa shape index (κ1) is 19.0. The van der Waals surface area contributed by atoms with Crippen molar-refractivity contribution in [2.45, 2.75) is 24.9 Å². The van der Waals surface area contributed by atoms with Crippen molar-refractivity contribution in [1.82, 2.24) is 19.7 Å². The Morgan fingerprint density at radius 1 is 1.29 bits per heavy atom. The normalized spacial score (nSPS) is 23.8. The molecule has 3 heterocycles. The van der Waals surface area contributed by atoms with Crippen LogP contribution in [0.5, 0.6) is 0 Å². The SMILES string of the molecule is Cn1cc(CC(=O)N2CCCC(O)(CN3CCNC(=O)C3)C2)c2ccccc21. The van der Waals surface area contributed by atoms with Gasteiger partial charge in [-0.2, -0.15) is 0 Å². The van der Waals surface area contributed by atoms with Crippen LogP contribution in [0.25, 0.3) is 10.9 Å². The molecule has 0 spiro atoms. The number of carbonyl (C=O) groups excluding carboxylic acids is 2. The Balaban J connectivity index is 1.43. The lowest BCUT2D eigenvalue weighted by atomic mass is 9.91. The number of likely N-dealkylation sites (tertiary alicyclic amines) is 1. The first-order chi connectivity index (χ1) is 13.4. The molecule has 2 amide bonds. The van der Waals surface area contributed by atoms with Crippen molar-refractivity contribution in [2.75, 3.05) is 39.3 Å². The molecule has 0 bridgehead atoms. The molecule has 1 aromatic heterocycles. The number of β-amino-alcohol motifs (C(OH)–C–C–N with tert-alkyl or cyclic N) is 1. The van der Waals surface area contributed by atoms with Gasteiger partial charge >= 0.3 is 0 Å². The van der Waals surface area contributed by atoms with Gasteiger partial charge in [0.15, 0.2) is 0 Å². The third-order valence-electron chi connectivity index (χ3n) is 5.86. The van der Waals surface area contributed by atoms with Crippen LogP contribution in [0.4, 0.5) is 0 Å². The van der Waals surface area contributed by atoms with E-state index in [1.165, 1.54) is 0 Å². The molecule has 1 aromatic carbocycles. The summed E-state index contributed by atoms with van der Waals surface area (Å²) >= 11 is 0. The fraction of sp³-hybridized carbons (Fsp3) is 0.524. The number of amides is 2. The van der Waals surface area contributed by atoms with Gasteiger partial charge < -0.3 is 19.9 Å². The summed E-state index contributed by atoms with van der Waals surface area (Å²) in [4.78, 5) is 28.4. The Kier molecular flexibility index (Phi) is 5.12. The molecule has 7 heteroatoms. The second kappa shape index (κ2) is 7.56. The standard InChI is InChI=1S/C21H28N4O3/c1-23-12-16(17-5-2-3-6-18(17)23)11-20(27)25-9-4-7-21(28,15-25)14-24-10-8-22-19(26)13-24/h2-3,5-6,12,28H,4,7-11,13-15H2,1H3,(H,22,26). The number of para-hydroxylation sites is 1. The van der Waals surface area contributed by atoms with Crippen LogP contribution in [0.2, 0.25) is 0 Å².